The zero-order valence-corrected chi connectivity index (χ0v) is 11.5. The van der Waals surface area contributed by atoms with Crippen LogP contribution in [0.4, 0.5) is 0 Å². The van der Waals surface area contributed by atoms with Gasteiger partial charge < -0.3 is 5.11 Å². The minimum atomic E-state index is -0.509. The second kappa shape index (κ2) is 4.93. The highest BCUT2D eigenvalue weighted by atomic mass is 16.3. The van der Waals surface area contributed by atoms with E-state index in [1.165, 1.54) is 17.4 Å². The number of fused-ring (bicyclic) bond motifs is 1. The maximum absolute atomic E-state index is 10.8. The van der Waals surface area contributed by atoms with Crippen LogP contribution in [0.15, 0.2) is 36.5 Å². The Hall–Kier alpha value is -1.41. The van der Waals surface area contributed by atoms with E-state index in [0.717, 1.165) is 31.2 Å². The van der Waals surface area contributed by atoms with Gasteiger partial charge in [0.1, 0.15) is 0 Å². The van der Waals surface area contributed by atoms with Crippen LogP contribution in [-0.4, -0.2) is 15.7 Å². The Kier molecular flexibility index (Phi) is 3.28. The average molecular weight is 255 g/mol. The first-order valence-corrected chi connectivity index (χ1v) is 7.25. The molecular formula is C17H21NO. The van der Waals surface area contributed by atoms with Crippen LogP contribution in [0.2, 0.25) is 0 Å². The predicted octanol–water partition coefficient (Wildman–Crippen LogP) is 3.72. The monoisotopic (exact) mass is 255 g/mol. The first-order valence-electron chi connectivity index (χ1n) is 7.25. The third-order valence-electron chi connectivity index (χ3n) is 4.52. The molecule has 0 radical (unpaired) electrons. The minimum Gasteiger partial charge on any atom is -0.390 e. The summed E-state index contributed by atoms with van der Waals surface area (Å²) in [5.74, 6) is 0.693. The van der Waals surface area contributed by atoms with Crippen molar-refractivity contribution < 1.29 is 5.11 Å². The highest BCUT2D eigenvalue weighted by Gasteiger charge is 2.36. The van der Waals surface area contributed by atoms with Crippen LogP contribution in [0.3, 0.4) is 0 Å². The van der Waals surface area contributed by atoms with Crippen molar-refractivity contribution in [2.24, 2.45) is 5.92 Å². The molecule has 2 nitrogen and oxygen atoms in total. The molecule has 0 bridgehead atoms. The number of benzene rings is 1. The van der Waals surface area contributed by atoms with E-state index >= 15 is 0 Å². The molecule has 1 aromatic carbocycles. The second-order valence-electron chi connectivity index (χ2n) is 5.91. The van der Waals surface area contributed by atoms with E-state index in [0.29, 0.717) is 5.92 Å². The predicted molar refractivity (Wildman–Crippen MR) is 78.0 cm³/mol. The largest absolute Gasteiger partial charge is 0.390 e. The summed E-state index contributed by atoms with van der Waals surface area (Å²) in [5.41, 5.74) is 1.74. The number of hydrogen-bond donors (Lipinski definition) is 1. The van der Waals surface area contributed by atoms with Crippen LogP contribution in [0.5, 0.6) is 0 Å². The number of nitrogens with zero attached hydrogens (tertiary/aromatic N) is 1. The third-order valence-corrected chi connectivity index (χ3v) is 4.52. The summed E-state index contributed by atoms with van der Waals surface area (Å²) >= 11 is 0. The van der Waals surface area contributed by atoms with Crippen molar-refractivity contribution in [2.45, 2.75) is 44.6 Å². The second-order valence-corrected chi connectivity index (χ2v) is 5.91. The van der Waals surface area contributed by atoms with Crippen molar-refractivity contribution in [3.8, 4) is 0 Å². The standard InChI is InChI=1S/C17H21NO/c1-2-13-7-9-17(19,11-13)12-14-8-10-18-16-6-4-3-5-15(14)16/h3-6,8,10,13,19H,2,7,9,11-12H2,1H3. The lowest BCUT2D eigenvalue weighted by Crippen LogP contribution is -2.28. The Labute approximate surface area is 114 Å². The van der Waals surface area contributed by atoms with Crippen LogP contribution in [-0.2, 0) is 6.42 Å². The number of hydrogen-bond acceptors (Lipinski definition) is 2. The molecule has 1 N–H and O–H groups in total. The topological polar surface area (TPSA) is 33.1 Å². The molecule has 2 heteroatoms. The summed E-state index contributed by atoms with van der Waals surface area (Å²) in [4.78, 5) is 4.39. The van der Waals surface area contributed by atoms with Crippen molar-refractivity contribution >= 4 is 10.9 Å². The van der Waals surface area contributed by atoms with Crippen LogP contribution in [0.25, 0.3) is 10.9 Å². The number of para-hydroxylation sites is 1. The molecule has 19 heavy (non-hydrogen) atoms. The van der Waals surface area contributed by atoms with Crippen LogP contribution >= 0.6 is 0 Å². The summed E-state index contributed by atoms with van der Waals surface area (Å²) in [5, 5.41) is 12.0. The van der Waals surface area contributed by atoms with Gasteiger partial charge in [-0.2, -0.15) is 0 Å². The first kappa shape index (κ1) is 12.6. The number of aromatic nitrogens is 1. The number of rotatable bonds is 3. The third kappa shape index (κ3) is 2.50. The molecule has 1 aliphatic carbocycles. The molecule has 1 saturated carbocycles. The SMILES string of the molecule is CCC1CCC(O)(Cc2ccnc3ccccc23)C1. The summed E-state index contributed by atoms with van der Waals surface area (Å²) < 4.78 is 0. The van der Waals surface area contributed by atoms with Gasteiger partial charge in [0, 0.05) is 18.0 Å². The highest BCUT2D eigenvalue weighted by molar-refractivity contribution is 5.81. The molecule has 100 valence electrons. The fourth-order valence-electron chi connectivity index (χ4n) is 3.39. The molecule has 3 rings (SSSR count). The lowest BCUT2D eigenvalue weighted by atomic mass is 9.90. The summed E-state index contributed by atoms with van der Waals surface area (Å²) in [7, 11) is 0. The molecule has 0 amide bonds. The van der Waals surface area contributed by atoms with E-state index in [2.05, 4.69) is 24.0 Å². The van der Waals surface area contributed by atoms with Crippen LogP contribution in [0.1, 0.15) is 38.2 Å². The summed E-state index contributed by atoms with van der Waals surface area (Å²) in [6.45, 7) is 2.22. The molecule has 1 aliphatic rings. The quantitative estimate of drug-likeness (QED) is 0.906. The molecule has 1 aromatic heterocycles. The molecule has 1 heterocycles. The average Bonchev–Trinajstić information content (AvgIpc) is 2.81. The molecule has 2 unspecified atom stereocenters. The van der Waals surface area contributed by atoms with Crippen molar-refractivity contribution in [2.75, 3.05) is 0 Å². The van der Waals surface area contributed by atoms with E-state index < -0.39 is 5.60 Å². The summed E-state index contributed by atoms with van der Waals surface area (Å²) in [6, 6.07) is 10.2. The Balaban J connectivity index is 1.90. The molecule has 0 saturated heterocycles. The molecule has 0 spiro atoms. The van der Waals surface area contributed by atoms with Crippen molar-refractivity contribution in [1.29, 1.82) is 0 Å². The van der Waals surface area contributed by atoms with Crippen molar-refractivity contribution in [1.82, 2.24) is 4.98 Å². The van der Waals surface area contributed by atoms with E-state index in [9.17, 15) is 5.11 Å². The Bertz CT molecular complexity index is 575. The van der Waals surface area contributed by atoms with Gasteiger partial charge in [-0.25, -0.2) is 0 Å². The van der Waals surface area contributed by atoms with Crippen molar-refractivity contribution in [3.05, 3.63) is 42.1 Å². The van der Waals surface area contributed by atoms with E-state index in [1.807, 2.05) is 24.4 Å². The zero-order valence-electron chi connectivity index (χ0n) is 11.5. The van der Waals surface area contributed by atoms with Crippen LogP contribution in [0, 0.1) is 5.92 Å². The molecule has 0 aliphatic heterocycles. The van der Waals surface area contributed by atoms with E-state index in [4.69, 9.17) is 0 Å². The Morgan fingerprint density at radius 2 is 2.16 bits per heavy atom. The van der Waals surface area contributed by atoms with Crippen molar-refractivity contribution in [3.63, 3.8) is 0 Å². The maximum Gasteiger partial charge on any atom is 0.0704 e. The normalized spacial score (nSPS) is 26.9. The minimum absolute atomic E-state index is 0.509. The van der Waals surface area contributed by atoms with E-state index in [1.54, 1.807) is 0 Å². The zero-order chi connectivity index (χ0) is 13.3. The van der Waals surface area contributed by atoms with Gasteiger partial charge in [-0.15, -0.1) is 0 Å². The molecule has 2 atom stereocenters. The van der Waals surface area contributed by atoms with Gasteiger partial charge in [0.05, 0.1) is 11.1 Å². The van der Waals surface area contributed by atoms with Gasteiger partial charge in [0.25, 0.3) is 0 Å². The highest BCUT2D eigenvalue weighted by Crippen LogP contribution is 2.39. The van der Waals surface area contributed by atoms with Gasteiger partial charge in [-0.1, -0.05) is 31.5 Å². The number of aliphatic hydroxyl groups is 1. The van der Waals surface area contributed by atoms with Gasteiger partial charge in [-0.3, -0.25) is 4.98 Å². The van der Waals surface area contributed by atoms with E-state index in [-0.39, 0.29) is 0 Å². The summed E-state index contributed by atoms with van der Waals surface area (Å²) in [6.07, 6.45) is 6.83. The van der Waals surface area contributed by atoms with Gasteiger partial charge in [0.2, 0.25) is 0 Å². The fraction of sp³-hybridized carbons (Fsp3) is 0.471. The Morgan fingerprint density at radius 3 is 2.95 bits per heavy atom. The molecular weight excluding hydrogens is 234 g/mol. The molecule has 2 aromatic rings. The number of pyridine rings is 1. The Morgan fingerprint density at radius 1 is 1.32 bits per heavy atom. The maximum atomic E-state index is 10.8. The molecule has 1 fully saturated rings. The lowest BCUT2D eigenvalue weighted by Gasteiger charge is -2.23. The van der Waals surface area contributed by atoms with Gasteiger partial charge >= 0.3 is 0 Å². The lowest BCUT2D eigenvalue weighted by molar-refractivity contribution is 0.0440. The van der Waals surface area contributed by atoms with Gasteiger partial charge in [0.15, 0.2) is 0 Å². The first-order chi connectivity index (χ1) is 9.20. The van der Waals surface area contributed by atoms with Gasteiger partial charge in [-0.05, 0) is 42.9 Å². The van der Waals surface area contributed by atoms with Crippen LogP contribution < -0.4 is 0 Å². The fourth-order valence-corrected chi connectivity index (χ4v) is 3.39. The smallest absolute Gasteiger partial charge is 0.0704 e.